The molecule has 25 heavy (non-hydrogen) atoms. The Balaban J connectivity index is 1.68. The molecule has 0 radical (unpaired) electrons. The van der Waals surface area contributed by atoms with Crippen LogP contribution in [0.4, 0.5) is 0 Å². The van der Waals surface area contributed by atoms with Gasteiger partial charge in [0.1, 0.15) is 11.4 Å². The van der Waals surface area contributed by atoms with Gasteiger partial charge in [-0.1, -0.05) is 12.1 Å². The van der Waals surface area contributed by atoms with E-state index in [0.717, 1.165) is 18.4 Å². The summed E-state index contributed by atoms with van der Waals surface area (Å²) in [5, 5.41) is 9.31. The van der Waals surface area contributed by atoms with Gasteiger partial charge in [0.15, 0.2) is 0 Å². The fourth-order valence-corrected chi connectivity index (χ4v) is 2.65. The van der Waals surface area contributed by atoms with Gasteiger partial charge in [-0.25, -0.2) is 4.98 Å². The lowest BCUT2D eigenvalue weighted by Gasteiger charge is -2.24. The van der Waals surface area contributed by atoms with E-state index in [9.17, 15) is 14.7 Å². The highest BCUT2D eigenvalue weighted by Gasteiger charge is 2.20. The first kappa shape index (κ1) is 16.8. The number of aromatic amines is 1. The number of H-pyrrole nitrogens is 1. The van der Waals surface area contributed by atoms with Gasteiger partial charge in [0.25, 0.3) is 11.5 Å². The second-order valence-electron chi connectivity index (χ2n) is 6.12. The van der Waals surface area contributed by atoms with E-state index in [1.54, 1.807) is 40.9 Å². The molecule has 0 aliphatic carbocycles. The Labute approximate surface area is 144 Å². The minimum Gasteiger partial charge on any atom is -0.508 e. The Bertz CT molecular complexity index is 943. The van der Waals surface area contributed by atoms with Crippen molar-refractivity contribution in [2.75, 3.05) is 7.05 Å². The fourth-order valence-electron chi connectivity index (χ4n) is 2.65. The molecule has 0 aliphatic rings. The largest absolute Gasteiger partial charge is 0.508 e. The summed E-state index contributed by atoms with van der Waals surface area (Å²) in [6.07, 6.45) is 6.30. The van der Waals surface area contributed by atoms with E-state index in [1.165, 1.54) is 6.20 Å². The average Bonchev–Trinajstić information content (AvgIpc) is 3.05. The summed E-state index contributed by atoms with van der Waals surface area (Å²) in [4.78, 5) is 32.7. The van der Waals surface area contributed by atoms with Crippen LogP contribution in [-0.2, 0) is 6.42 Å². The standard InChI is InChI=1S/C18H20N4O3/c1-12(3-4-13-5-7-14(23)8-6-13)21(2)18(25)15-11-22-10-9-19-17(24)16(22)20-15/h5-12,23H,3-4H2,1-2H3,(H,19,24). The number of nitrogens with one attached hydrogen (secondary N) is 1. The first-order valence-corrected chi connectivity index (χ1v) is 8.07. The van der Waals surface area contributed by atoms with Crippen LogP contribution in [0.25, 0.3) is 5.65 Å². The molecule has 1 atom stereocenters. The van der Waals surface area contributed by atoms with Gasteiger partial charge in [-0.2, -0.15) is 0 Å². The lowest BCUT2D eigenvalue weighted by atomic mass is 10.1. The number of hydrogen-bond donors (Lipinski definition) is 2. The van der Waals surface area contributed by atoms with Gasteiger partial charge < -0.3 is 19.4 Å². The molecule has 130 valence electrons. The van der Waals surface area contributed by atoms with Gasteiger partial charge in [-0.15, -0.1) is 0 Å². The summed E-state index contributed by atoms with van der Waals surface area (Å²) in [6.45, 7) is 1.97. The van der Waals surface area contributed by atoms with Crippen LogP contribution in [0.5, 0.6) is 5.75 Å². The topological polar surface area (TPSA) is 90.7 Å². The number of carbonyl (C=O) groups excluding carboxylic acids is 1. The van der Waals surface area contributed by atoms with Crippen molar-refractivity contribution in [3.63, 3.8) is 0 Å². The first-order chi connectivity index (χ1) is 12.0. The smallest absolute Gasteiger partial charge is 0.291 e. The van der Waals surface area contributed by atoms with E-state index in [0.29, 0.717) is 0 Å². The average molecular weight is 340 g/mol. The molecule has 2 aromatic heterocycles. The number of benzene rings is 1. The molecule has 7 nitrogen and oxygen atoms in total. The Hall–Kier alpha value is -3.09. The second kappa shape index (κ2) is 6.80. The van der Waals surface area contributed by atoms with Crippen molar-refractivity contribution in [2.24, 2.45) is 0 Å². The highest BCUT2D eigenvalue weighted by atomic mass is 16.3. The number of nitrogens with zero attached hydrogens (tertiary/aromatic N) is 3. The van der Waals surface area contributed by atoms with Crippen LogP contribution in [-0.4, -0.2) is 43.4 Å². The van der Waals surface area contributed by atoms with Crippen LogP contribution in [0.1, 0.15) is 29.4 Å². The summed E-state index contributed by atoms with van der Waals surface area (Å²) in [7, 11) is 1.73. The van der Waals surface area contributed by atoms with Crippen LogP contribution in [0, 0.1) is 0 Å². The maximum atomic E-state index is 12.6. The van der Waals surface area contributed by atoms with Crippen molar-refractivity contribution >= 4 is 11.6 Å². The molecular weight excluding hydrogens is 320 g/mol. The molecule has 0 spiro atoms. The summed E-state index contributed by atoms with van der Waals surface area (Å²) < 4.78 is 1.54. The van der Waals surface area contributed by atoms with E-state index < -0.39 is 0 Å². The van der Waals surface area contributed by atoms with Crippen molar-refractivity contribution in [2.45, 2.75) is 25.8 Å². The molecule has 1 unspecified atom stereocenters. The number of carbonyl (C=O) groups is 1. The highest BCUT2D eigenvalue weighted by molar-refractivity contribution is 5.92. The molecule has 0 saturated carbocycles. The molecule has 3 aromatic rings. The molecule has 3 rings (SSSR count). The maximum absolute atomic E-state index is 12.6. The monoisotopic (exact) mass is 340 g/mol. The predicted molar refractivity (Wildman–Crippen MR) is 93.8 cm³/mol. The third-order valence-electron chi connectivity index (χ3n) is 4.37. The Morgan fingerprint density at radius 3 is 2.76 bits per heavy atom. The van der Waals surface area contributed by atoms with Crippen molar-refractivity contribution < 1.29 is 9.90 Å². The minimum atomic E-state index is -0.329. The molecule has 0 fully saturated rings. The van der Waals surface area contributed by atoms with Crippen LogP contribution in [0.3, 0.4) is 0 Å². The molecule has 0 saturated heterocycles. The van der Waals surface area contributed by atoms with E-state index >= 15 is 0 Å². The fraction of sp³-hybridized carbons (Fsp3) is 0.278. The van der Waals surface area contributed by atoms with Gasteiger partial charge in [0, 0.05) is 31.7 Å². The predicted octanol–water partition coefficient (Wildman–Crippen LogP) is 1.82. The molecule has 0 bridgehead atoms. The number of phenols is 1. The van der Waals surface area contributed by atoms with E-state index in [4.69, 9.17) is 0 Å². The lowest BCUT2D eigenvalue weighted by Crippen LogP contribution is -2.35. The number of hydrogen-bond acceptors (Lipinski definition) is 4. The molecule has 2 heterocycles. The normalized spacial score (nSPS) is 12.2. The number of phenolic OH excluding ortho intramolecular Hbond substituents is 1. The Kier molecular flexibility index (Phi) is 4.56. The van der Waals surface area contributed by atoms with Gasteiger partial charge in [-0.05, 0) is 37.5 Å². The highest BCUT2D eigenvalue weighted by Crippen LogP contribution is 2.14. The van der Waals surface area contributed by atoms with Gasteiger partial charge in [0.2, 0.25) is 5.65 Å². The van der Waals surface area contributed by atoms with E-state index in [-0.39, 0.29) is 34.6 Å². The van der Waals surface area contributed by atoms with Crippen molar-refractivity contribution in [1.82, 2.24) is 19.3 Å². The van der Waals surface area contributed by atoms with E-state index in [1.807, 2.05) is 19.1 Å². The zero-order valence-corrected chi connectivity index (χ0v) is 14.1. The third-order valence-corrected chi connectivity index (χ3v) is 4.37. The van der Waals surface area contributed by atoms with Crippen molar-refractivity contribution in [1.29, 1.82) is 0 Å². The van der Waals surface area contributed by atoms with Gasteiger partial charge >= 0.3 is 0 Å². The lowest BCUT2D eigenvalue weighted by molar-refractivity contribution is 0.0732. The summed E-state index contributed by atoms with van der Waals surface area (Å²) in [5.41, 5.74) is 1.22. The molecule has 1 amide bonds. The summed E-state index contributed by atoms with van der Waals surface area (Å²) in [5.74, 6) is 0.0206. The number of amides is 1. The zero-order chi connectivity index (χ0) is 18.0. The van der Waals surface area contributed by atoms with Crippen LogP contribution >= 0.6 is 0 Å². The van der Waals surface area contributed by atoms with Crippen LogP contribution < -0.4 is 5.56 Å². The molecule has 0 aliphatic heterocycles. The van der Waals surface area contributed by atoms with Crippen molar-refractivity contribution in [3.05, 3.63) is 64.5 Å². The SMILES string of the molecule is CC(CCc1ccc(O)cc1)N(C)C(=O)c1cn2cc[nH]c(=O)c2n1. The number of aryl methyl sites for hydroxylation is 1. The first-order valence-electron chi connectivity index (χ1n) is 8.07. The maximum Gasteiger partial charge on any atom is 0.291 e. The van der Waals surface area contributed by atoms with Gasteiger partial charge in [-0.3, -0.25) is 9.59 Å². The quantitative estimate of drug-likeness (QED) is 0.741. The zero-order valence-electron chi connectivity index (χ0n) is 14.1. The second-order valence-corrected chi connectivity index (χ2v) is 6.12. The Morgan fingerprint density at radius 1 is 1.36 bits per heavy atom. The number of fused-ring (bicyclic) bond motifs is 1. The van der Waals surface area contributed by atoms with Gasteiger partial charge in [0.05, 0.1) is 0 Å². The summed E-state index contributed by atoms with van der Waals surface area (Å²) >= 11 is 0. The summed E-state index contributed by atoms with van der Waals surface area (Å²) in [6, 6.07) is 7.06. The number of imidazole rings is 1. The number of aromatic nitrogens is 3. The van der Waals surface area contributed by atoms with Crippen LogP contribution in [0.15, 0.2) is 47.7 Å². The third kappa shape index (κ3) is 3.55. The Morgan fingerprint density at radius 2 is 2.08 bits per heavy atom. The molecular formula is C18H20N4O3. The molecule has 7 heteroatoms. The van der Waals surface area contributed by atoms with E-state index in [2.05, 4.69) is 9.97 Å². The van der Waals surface area contributed by atoms with Crippen LogP contribution in [0.2, 0.25) is 0 Å². The van der Waals surface area contributed by atoms with Crippen molar-refractivity contribution in [3.8, 4) is 5.75 Å². The number of aromatic hydroxyl groups is 1. The molecule has 1 aromatic carbocycles. The minimum absolute atomic E-state index is 0.00407. The molecule has 2 N–H and O–H groups in total. The number of rotatable bonds is 5.